The highest BCUT2D eigenvalue weighted by atomic mass is 79.9. The van der Waals surface area contributed by atoms with Crippen molar-refractivity contribution >= 4 is 33.2 Å². The van der Waals surface area contributed by atoms with E-state index in [1.807, 2.05) is 24.3 Å². The van der Waals surface area contributed by atoms with Crippen LogP contribution >= 0.6 is 15.9 Å². The van der Waals surface area contributed by atoms with Gasteiger partial charge in [-0.3, -0.25) is 10.2 Å². The molecular formula is C12H14BrN3O. The summed E-state index contributed by atoms with van der Waals surface area (Å²) >= 11 is 3.36. The van der Waals surface area contributed by atoms with E-state index in [1.165, 1.54) is 0 Å². The Morgan fingerprint density at radius 1 is 1.41 bits per heavy atom. The van der Waals surface area contributed by atoms with Crippen LogP contribution in [0.25, 0.3) is 0 Å². The number of piperidine rings is 1. The number of amides is 1. The largest absolute Gasteiger partial charge is 0.351 e. The smallest absolute Gasteiger partial charge is 0.267 e. The van der Waals surface area contributed by atoms with Gasteiger partial charge in [0.05, 0.1) is 5.69 Å². The minimum Gasteiger partial charge on any atom is -0.351 e. The average Bonchev–Trinajstić information content (AvgIpc) is 2.32. The second kappa shape index (κ2) is 5.31. The third-order valence-corrected chi connectivity index (χ3v) is 3.11. The number of carbonyl (C=O) groups excluding carboxylic acids is 1. The maximum Gasteiger partial charge on any atom is 0.267 e. The van der Waals surface area contributed by atoms with Gasteiger partial charge in [0.15, 0.2) is 0 Å². The van der Waals surface area contributed by atoms with Crippen molar-refractivity contribution in [1.29, 1.82) is 0 Å². The number of anilines is 1. The molecule has 0 spiro atoms. The molecule has 0 radical (unpaired) electrons. The zero-order valence-electron chi connectivity index (χ0n) is 9.53. The summed E-state index contributed by atoms with van der Waals surface area (Å²) in [6.45, 7) is 2.82. The first-order valence-corrected chi connectivity index (χ1v) is 6.31. The number of benzene rings is 1. The second-order valence-electron chi connectivity index (χ2n) is 4.20. The molecule has 1 amide bonds. The fraction of sp³-hybridized carbons (Fsp3) is 0.333. The van der Waals surface area contributed by atoms with Gasteiger partial charge >= 0.3 is 0 Å². The number of halogens is 1. The van der Waals surface area contributed by atoms with E-state index in [2.05, 4.69) is 38.7 Å². The summed E-state index contributed by atoms with van der Waals surface area (Å²) in [6, 6.07) is 7.65. The van der Waals surface area contributed by atoms with Gasteiger partial charge in [-0.1, -0.05) is 22.9 Å². The van der Waals surface area contributed by atoms with Crippen LogP contribution in [0.15, 0.2) is 33.8 Å². The Bertz CT molecular complexity index is 442. The van der Waals surface area contributed by atoms with Crippen LogP contribution in [0.5, 0.6) is 0 Å². The van der Waals surface area contributed by atoms with Crippen molar-refractivity contribution < 1.29 is 4.79 Å². The number of nitrogens with zero attached hydrogens (tertiary/aromatic N) is 1. The number of nitrogens with one attached hydrogen (secondary N) is 2. The van der Waals surface area contributed by atoms with Crippen LogP contribution < -0.4 is 10.7 Å². The van der Waals surface area contributed by atoms with Gasteiger partial charge in [-0.05, 0) is 30.2 Å². The Balaban J connectivity index is 2.04. The van der Waals surface area contributed by atoms with Crippen LogP contribution in [0, 0.1) is 5.92 Å². The molecule has 1 aliphatic heterocycles. The van der Waals surface area contributed by atoms with Gasteiger partial charge in [-0.2, -0.15) is 5.10 Å². The maximum atomic E-state index is 11.5. The summed E-state index contributed by atoms with van der Waals surface area (Å²) in [7, 11) is 0. The summed E-state index contributed by atoms with van der Waals surface area (Å²) in [4.78, 5) is 11.5. The SMILES string of the molecule is CC1CNC(=O)/C(=N\Nc2ccc(Br)cc2)C1. The molecule has 1 atom stereocenters. The van der Waals surface area contributed by atoms with Crippen molar-refractivity contribution in [3.8, 4) is 0 Å². The highest BCUT2D eigenvalue weighted by Gasteiger charge is 2.21. The zero-order chi connectivity index (χ0) is 12.3. The first-order valence-electron chi connectivity index (χ1n) is 5.51. The van der Waals surface area contributed by atoms with Gasteiger partial charge in [-0.15, -0.1) is 0 Å². The molecule has 1 aromatic rings. The maximum absolute atomic E-state index is 11.5. The average molecular weight is 296 g/mol. The molecule has 2 N–H and O–H groups in total. The molecule has 1 unspecified atom stereocenters. The predicted molar refractivity (Wildman–Crippen MR) is 72.0 cm³/mol. The summed E-state index contributed by atoms with van der Waals surface area (Å²) in [6.07, 6.45) is 0.718. The molecule has 0 aliphatic carbocycles. The molecule has 1 fully saturated rings. The number of hydrazone groups is 1. The Morgan fingerprint density at radius 2 is 2.12 bits per heavy atom. The van der Waals surface area contributed by atoms with Crippen molar-refractivity contribution in [3.05, 3.63) is 28.7 Å². The summed E-state index contributed by atoms with van der Waals surface area (Å²) in [5, 5.41) is 6.96. The lowest BCUT2D eigenvalue weighted by Gasteiger charge is -2.19. The number of hydrogen-bond acceptors (Lipinski definition) is 3. The van der Waals surface area contributed by atoms with Crippen molar-refractivity contribution in [1.82, 2.24) is 5.32 Å². The Hall–Kier alpha value is -1.36. The number of carbonyl (C=O) groups is 1. The molecule has 0 bridgehead atoms. The normalized spacial score (nSPS) is 22.4. The van der Waals surface area contributed by atoms with E-state index in [9.17, 15) is 4.79 Å². The summed E-state index contributed by atoms with van der Waals surface area (Å²) in [5.74, 6) is 0.367. The summed E-state index contributed by atoms with van der Waals surface area (Å²) in [5.41, 5.74) is 4.33. The Kier molecular flexibility index (Phi) is 3.78. The molecule has 1 aromatic carbocycles. The molecule has 1 aliphatic rings. The molecule has 4 nitrogen and oxygen atoms in total. The lowest BCUT2D eigenvalue weighted by Crippen LogP contribution is -2.41. The molecule has 0 aromatic heterocycles. The third kappa shape index (κ3) is 3.30. The van der Waals surface area contributed by atoms with Crippen molar-refractivity contribution in [2.75, 3.05) is 12.0 Å². The monoisotopic (exact) mass is 295 g/mol. The highest BCUT2D eigenvalue weighted by Crippen LogP contribution is 2.14. The van der Waals surface area contributed by atoms with Crippen LogP contribution in [0.2, 0.25) is 0 Å². The molecule has 2 rings (SSSR count). The quantitative estimate of drug-likeness (QED) is 0.823. The number of hydrogen-bond donors (Lipinski definition) is 2. The minimum absolute atomic E-state index is 0.0762. The van der Waals surface area contributed by atoms with Gasteiger partial charge in [0.1, 0.15) is 5.71 Å². The highest BCUT2D eigenvalue weighted by molar-refractivity contribution is 9.10. The van der Waals surface area contributed by atoms with Gasteiger partial charge in [0.2, 0.25) is 0 Å². The van der Waals surface area contributed by atoms with Crippen LogP contribution in [0.4, 0.5) is 5.69 Å². The first kappa shape index (κ1) is 12.1. The lowest BCUT2D eigenvalue weighted by molar-refractivity contribution is -0.115. The van der Waals surface area contributed by atoms with E-state index in [-0.39, 0.29) is 5.91 Å². The van der Waals surface area contributed by atoms with E-state index in [4.69, 9.17) is 0 Å². The minimum atomic E-state index is -0.0762. The van der Waals surface area contributed by atoms with Gasteiger partial charge in [0.25, 0.3) is 5.91 Å². The topological polar surface area (TPSA) is 53.5 Å². The van der Waals surface area contributed by atoms with Gasteiger partial charge < -0.3 is 5.32 Å². The molecule has 0 saturated carbocycles. The van der Waals surface area contributed by atoms with Crippen molar-refractivity contribution in [3.63, 3.8) is 0 Å². The standard InChI is InChI=1S/C12H14BrN3O/c1-8-6-11(12(17)14-7-8)16-15-10-4-2-9(13)3-5-10/h2-5,8,15H,6-7H2,1H3,(H,14,17)/b16-11-. The Morgan fingerprint density at radius 3 is 2.82 bits per heavy atom. The molecule has 17 heavy (non-hydrogen) atoms. The van der Waals surface area contributed by atoms with E-state index in [0.717, 1.165) is 23.1 Å². The summed E-state index contributed by atoms with van der Waals surface area (Å²) < 4.78 is 1.01. The van der Waals surface area contributed by atoms with Gasteiger partial charge in [-0.25, -0.2) is 0 Å². The van der Waals surface area contributed by atoms with E-state index < -0.39 is 0 Å². The van der Waals surface area contributed by atoms with E-state index >= 15 is 0 Å². The van der Waals surface area contributed by atoms with Crippen molar-refractivity contribution in [2.24, 2.45) is 11.0 Å². The third-order valence-electron chi connectivity index (χ3n) is 2.58. The van der Waals surface area contributed by atoms with Crippen LogP contribution in [0.1, 0.15) is 13.3 Å². The van der Waals surface area contributed by atoms with Crippen molar-refractivity contribution in [2.45, 2.75) is 13.3 Å². The Labute approximate surface area is 109 Å². The fourth-order valence-corrected chi connectivity index (χ4v) is 1.88. The zero-order valence-corrected chi connectivity index (χ0v) is 11.1. The van der Waals surface area contributed by atoms with Crippen LogP contribution in [0.3, 0.4) is 0 Å². The predicted octanol–water partition coefficient (Wildman–Crippen LogP) is 2.37. The molecule has 1 saturated heterocycles. The fourth-order valence-electron chi connectivity index (χ4n) is 1.62. The van der Waals surface area contributed by atoms with Crippen LogP contribution in [-0.2, 0) is 4.79 Å². The lowest BCUT2D eigenvalue weighted by atomic mass is 10.00. The first-order chi connectivity index (χ1) is 8.15. The molecular weight excluding hydrogens is 282 g/mol. The van der Waals surface area contributed by atoms with Crippen LogP contribution in [-0.4, -0.2) is 18.2 Å². The molecule has 1 heterocycles. The van der Waals surface area contributed by atoms with E-state index in [0.29, 0.717) is 11.6 Å². The number of rotatable bonds is 2. The molecule has 90 valence electrons. The van der Waals surface area contributed by atoms with E-state index in [1.54, 1.807) is 0 Å². The molecule has 5 heteroatoms. The second-order valence-corrected chi connectivity index (χ2v) is 5.11. The van der Waals surface area contributed by atoms with Gasteiger partial charge in [0, 0.05) is 17.4 Å².